The summed E-state index contributed by atoms with van der Waals surface area (Å²) in [6.07, 6.45) is 3.68. The molecule has 0 saturated heterocycles. The smallest absolute Gasteiger partial charge is 0.123 e. The molecule has 0 unspecified atom stereocenters. The Balaban J connectivity index is 2.89. The minimum Gasteiger partial charge on any atom is -0.496 e. The number of halogens is 1. The van der Waals surface area contributed by atoms with Crippen LogP contribution in [0.5, 0.6) is 5.75 Å². The summed E-state index contributed by atoms with van der Waals surface area (Å²) < 4.78 is 6.30. The lowest BCUT2D eigenvalue weighted by molar-refractivity contribution is 0.404. The van der Waals surface area contributed by atoms with Gasteiger partial charge in [-0.15, -0.1) is 6.58 Å². The molecule has 1 aromatic rings. The topological polar surface area (TPSA) is 35.2 Å². The molecule has 15 heavy (non-hydrogen) atoms. The largest absolute Gasteiger partial charge is 0.496 e. The molecule has 0 aromatic heterocycles. The van der Waals surface area contributed by atoms with Gasteiger partial charge in [0.25, 0.3) is 0 Å². The molecular formula is C12H16BrNO. The Bertz CT molecular complexity index is 338. The van der Waals surface area contributed by atoms with E-state index in [9.17, 15) is 0 Å². The SMILES string of the molecule is C=CCC[C@@H](N)c1cc(Br)ccc1OC. The Morgan fingerprint density at radius 1 is 1.60 bits per heavy atom. The van der Waals surface area contributed by atoms with Crippen LogP contribution in [-0.4, -0.2) is 7.11 Å². The monoisotopic (exact) mass is 269 g/mol. The first-order valence-corrected chi connectivity index (χ1v) is 5.68. The molecule has 0 aliphatic rings. The zero-order chi connectivity index (χ0) is 11.3. The molecule has 1 atom stereocenters. The number of benzene rings is 1. The maximum absolute atomic E-state index is 6.08. The summed E-state index contributed by atoms with van der Waals surface area (Å²) in [7, 11) is 1.66. The van der Waals surface area contributed by atoms with Crippen LogP contribution in [0.25, 0.3) is 0 Å². The number of ether oxygens (including phenoxy) is 1. The average molecular weight is 270 g/mol. The van der Waals surface area contributed by atoms with Crippen molar-refractivity contribution in [2.45, 2.75) is 18.9 Å². The Kier molecular flexibility index (Phi) is 4.85. The van der Waals surface area contributed by atoms with E-state index in [0.29, 0.717) is 0 Å². The summed E-state index contributed by atoms with van der Waals surface area (Å²) in [5.41, 5.74) is 7.11. The number of allylic oxidation sites excluding steroid dienone is 1. The van der Waals surface area contributed by atoms with Crippen molar-refractivity contribution in [3.05, 3.63) is 40.9 Å². The third-order valence-electron chi connectivity index (χ3n) is 2.27. The van der Waals surface area contributed by atoms with Crippen LogP contribution in [0, 0.1) is 0 Å². The molecule has 1 aromatic carbocycles. The van der Waals surface area contributed by atoms with Gasteiger partial charge in [-0.2, -0.15) is 0 Å². The highest BCUT2D eigenvalue weighted by Crippen LogP contribution is 2.29. The molecule has 0 saturated carbocycles. The molecule has 82 valence electrons. The molecule has 0 amide bonds. The molecule has 3 heteroatoms. The van der Waals surface area contributed by atoms with E-state index in [4.69, 9.17) is 10.5 Å². The van der Waals surface area contributed by atoms with Crippen molar-refractivity contribution in [2.75, 3.05) is 7.11 Å². The van der Waals surface area contributed by atoms with Crippen LogP contribution < -0.4 is 10.5 Å². The van der Waals surface area contributed by atoms with Gasteiger partial charge in [-0.05, 0) is 31.0 Å². The van der Waals surface area contributed by atoms with Gasteiger partial charge in [0.1, 0.15) is 5.75 Å². The molecule has 2 nitrogen and oxygen atoms in total. The van der Waals surface area contributed by atoms with Crippen molar-refractivity contribution in [2.24, 2.45) is 5.73 Å². The number of methoxy groups -OCH3 is 1. The van der Waals surface area contributed by atoms with E-state index in [1.807, 2.05) is 24.3 Å². The highest BCUT2D eigenvalue weighted by molar-refractivity contribution is 9.10. The van der Waals surface area contributed by atoms with Crippen molar-refractivity contribution < 1.29 is 4.74 Å². The van der Waals surface area contributed by atoms with E-state index in [1.54, 1.807) is 7.11 Å². The number of hydrogen-bond donors (Lipinski definition) is 1. The lowest BCUT2D eigenvalue weighted by Crippen LogP contribution is -2.11. The lowest BCUT2D eigenvalue weighted by Gasteiger charge is -2.15. The molecule has 0 radical (unpaired) electrons. The minimum atomic E-state index is -0.00421. The standard InChI is InChI=1S/C12H16BrNO/c1-3-4-5-11(14)10-8-9(13)6-7-12(10)15-2/h3,6-8,11H,1,4-5,14H2,2H3/t11-/m1/s1. The zero-order valence-corrected chi connectivity index (χ0v) is 10.5. The van der Waals surface area contributed by atoms with E-state index in [2.05, 4.69) is 22.5 Å². The number of rotatable bonds is 5. The highest BCUT2D eigenvalue weighted by atomic mass is 79.9. The fourth-order valence-corrected chi connectivity index (χ4v) is 1.83. The fourth-order valence-electron chi connectivity index (χ4n) is 1.45. The maximum atomic E-state index is 6.08. The van der Waals surface area contributed by atoms with Crippen molar-refractivity contribution >= 4 is 15.9 Å². The second-order valence-corrected chi connectivity index (χ2v) is 4.27. The predicted molar refractivity (Wildman–Crippen MR) is 67.1 cm³/mol. The first-order chi connectivity index (χ1) is 7.19. The maximum Gasteiger partial charge on any atom is 0.123 e. The van der Waals surface area contributed by atoms with E-state index >= 15 is 0 Å². The van der Waals surface area contributed by atoms with Crippen molar-refractivity contribution in [3.63, 3.8) is 0 Å². The van der Waals surface area contributed by atoms with Crippen LogP contribution in [0.4, 0.5) is 0 Å². The summed E-state index contributed by atoms with van der Waals surface area (Å²) in [5.74, 6) is 0.842. The quantitative estimate of drug-likeness (QED) is 0.832. The molecule has 0 heterocycles. The first kappa shape index (κ1) is 12.3. The van der Waals surface area contributed by atoms with Gasteiger partial charge in [0.15, 0.2) is 0 Å². The predicted octanol–water partition coefficient (Wildman–Crippen LogP) is 3.42. The van der Waals surface area contributed by atoms with Crippen LogP contribution in [0.1, 0.15) is 24.4 Å². The minimum absolute atomic E-state index is 0.00421. The molecular weight excluding hydrogens is 254 g/mol. The second kappa shape index (κ2) is 5.93. The molecule has 0 fully saturated rings. The van der Waals surface area contributed by atoms with Gasteiger partial charge < -0.3 is 10.5 Å². The Morgan fingerprint density at radius 3 is 2.93 bits per heavy atom. The molecule has 1 rings (SSSR count). The first-order valence-electron chi connectivity index (χ1n) is 4.89. The van der Waals surface area contributed by atoms with E-state index in [1.165, 1.54) is 0 Å². The van der Waals surface area contributed by atoms with Gasteiger partial charge >= 0.3 is 0 Å². The number of nitrogens with two attached hydrogens (primary N) is 1. The highest BCUT2D eigenvalue weighted by Gasteiger charge is 2.11. The van der Waals surface area contributed by atoms with Crippen molar-refractivity contribution in [3.8, 4) is 5.75 Å². The van der Waals surface area contributed by atoms with Gasteiger partial charge in [-0.1, -0.05) is 22.0 Å². The average Bonchev–Trinajstić information content (AvgIpc) is 2.25. The summed E-state index contributed by atoms with van der Waals surface area (Å²) in [6.45, 7) is 3.69. The van der Waals surface area contributed by atoms with Crippen LogP contribution in [0.15, 0.2) is 35.3 Å². The van der Waals surface area contributed by atoms with Crippen LogP contribution >= 0.6 is 15.9 Å². The van der Waals surface area contributed by atoms with Crippen molar-refractivity contribution in [1.82, 2.24) is 0 Å². The zero-order valence-electron chi connectivity index (χ0n) is 8.87. The van der Waals surface area contributed by atoms with E-state index < -0.39 is 0 Å². The van der Waals surface area contributed by atoms with Gasteiger partial charge in [0.2, 0.25) is 0 Å². The van der Waals surface area contributed by atoms with E-state index in [-0.39, 0.29) is 6.04 Å². The van der Waals surface area contributed by atoms with Crippen molar-refractivity contribution in [1.29, 1.82) is 0 Å². The Hall–Kier alpha value is -0.800. The van der Waals surface area contributed by atoms with E-state index in [0.717, 1.165) is 28.6 Å². The van der Waals surface area contributed by atoms with Gasteiger partial charge in [-0.25, -0.2) is 0 Å². The molecule has 0 bridgehead atoms. The summed E-state index contributed by atoms with van der Waals surface area (Å²) in [4.78, 5) is 0. The Labute approximate surface area is 99.3 Å². The second-order valence-electron chi connectivity index (χ2n) is 3.36. The third-order valence-corrected chi connectivity index (χ3v) is 2.77. The third kappa shape index (κ3) is 3.36. The summed E-state index contributed by atoms with van der Waals surface area (Å²) in [5, 5.41) is 0. The molecule has 0 aliphatic carbocycles. The van der Waals surface area contributed by atoms with Crippen LogP contribution in [0.3, 0.4) is 0 Å². The van der Waals surface area contributed by atoms with Crippen LogP contribution in [-0.2, 0) is 0 Å². The molecule has 0 aliphatic heterocycles. The van der Waals surface area contributed by atoms with Gasteiger partial charge in [-0.3, -0.25) is 0 Å². The molecule has 0 spiro atoms. The Morgan fingerprint density at radius 2 is 2.33 bits per heavy atom. The fraction of sp³-hybridized carbons (Fsp3) is 0.333. The summed E-state index contributed by atoms with van der Waals surface area (Å²) >= 11 is 3.43. The number of hydrogen-bond acceptors (Lipinski definition) is 2. The van der Waals surface area contributed by atoms with Gasteiger partial charge in [0.05, 0.1) is 7.11 Å². The van der Waals surface area contributed by atoms with Crippen LogP contribution in [0.2, 0.25) is 0 Å². The lowest BCUT2D eigenvalue weighted by atomic mass is 10.0. The van der Waals surface area contributed by atoms with Gasteiger partial charge in [0, 0.05) is 16.1 Å². The normalized spacial score (nSPS) is 12.2. The molecule has 2 N–H and O–H groups in total. The summed E-state index contributed by atoms with van der Waals surface area (Å²) in [6, 6.07) is 5.87.